The van der Waals surface area contributed by atoms with Gasteiger partial charge in [0.1, 0.15) is 0 Å². The average molecular weight is 264 g/mol. The summed E-state index contributed by atoms with van der Waals surface area (Å²) in [5.74, 6) is 0.607. The van der Waals surface area contributed by atoms with Crippen LogP contribution in [0.15, 0.2) is 0 Å². The highest BCUT2D eigenvalue weighted by Gasteiger charge is 2.28. The van der Waals surface area contributed by atoms with E-state index in [1.807, 2.05) is 13.8 Å². The molecule has 0 atom stereocenters. The van der Waals surface area contributed by atoms with Crippen LogP contribution in [0.4, 0.5) is 0 Å². The number of aliphatic hydroxyl groups excluding tert-OH is 1. The van der Waals surface area contributed by atoms with Crippen molar-refractivity contribution < 1.29 is 13.5 Å². The molecule has 1 aliphatic rings. The van der Waals surface area contributed by atoms with E-state index in [0.29, 0.717) is 19.0 Å². The highest BCUT2D eigenvalue weighted by atomic mass is 32.2. The van der Waals surface area contributed by atoms with Gasteiger partial charge in [-0.25, -0.2) is 4.72 Å². The van der Waals surface area contributed by atoms with Crippen molar-refractivity contribution in [2.75, 3.05) is 26.2 Å². The van der Waals surface area contributed by atoms with Crippen LogP contribution in [0.5, 0.6) is 0 Å². The Kier molecular flexibility index (Phi) is 4.95. The topological polar surface area (TPSA) is 69.6 Å². The van der Waals surface area contributed by atoms with Crippen molar-refractivity contribution in [2.24, 2.45) is 11.3 Å². The second-order valence-corrected chi connectivity index (χ2v) is 7.49. The number of nitrogens with one attached hydrogen (secondary N) is 1. The molecule has 0 aromatic heterocycles. The summed E-state index contributed by atoms with van der Waals surface area (Å²) in [7, 11) is -3.38. The third kappa shape index (κ3) is 4.54. The van der Waals surface area contributed by atoms with Gasteiger partial charge in [-0.05, 0) is 18.8 Å². The third-order valence-electron chi connectivity index (χ3n) is 3.24. The number of hydrogen-bond acceptors (Lipinski definition) is 3. The Bertz CT molecular complexity index is 333. The van der Waals surface area contributed by atoms with E-state index >= 15 is 0 Å². The molecule has 1 aliphatic heterocycles. The van der Waals surface area contributed by atoms with Crippen LogP contribution >= 0.6 is 0 Å². The van der Waals surface area contributed by atoms with Crippen LogP contribution < -0.4 is 4.72 Å². The molecule has 0 spiro atoms. The van der Waals surface area contributed by atoms with E-state index in [9.17, 15) is 8.42 Å². The second kappa shape index (κ2) is 5.65. The SMILES string of the molecule is CC1CCN(S(=O)(=O)NCC(C)(C)CO)CC1. The molecule has 0 saturated carbocycles. The molecular formula is C11H24N2O3S. The van der Waals surface area contributed by atoms with Crippen LogP contribution in [-0.4, -0.2) is 44.1 Å². The molecule has 2 N–H and O–H groups in total. The zero-order valence-corrected chi connectivity index (χ0v) is 11.8. The van der Waals surface area contributed by atoms with E-state index in [1.165, 1.54) is 4.31 Å². The Hall–Kier alpha value is -0.170. The molecule has 5 nitrogen and oxygen atoms in total. The van der Waals surface area contributed by atoms with Gasteiger partial charge in [-0.15, -0.1) is 0 Å². The summed E-state index contributed by atoms with van der Waals surface area (Å²) in [5, 5.41) is 9.09. The molecule has 0 unspecified atom stereocenters. The summed E-state index contributed by atoms with van der Waals surface area (Å²) < 4.78 is 28.0. The summed E-state index contributed by atoms with van der Waals surface area (Å²) in [6.07, 6.45) is 1.84. The molecule has 0 aromatic carbocycles. The molecule has 1 heterocycles. The molecule has 1 rings (SSSR count). The lowest BCUT2D eigenvalue weighted by Crippen LogP contribution is -2.47. The predicted octanol–water partition coefficient (Wildman–Crippen LogP) is 0.571. The average Bonchev–Trinajstić information content (AvgIpc) is 2.27. The van der Waals surface area contributed by atoms with Crippen LogP contribution in [0.3, 0.4) is 0 Å². The Morgan fingerprint density at radius 2 is 1.88 bits per heavy atom. The Labute approximate surface area is 104 Å². The maximum Gasteiger partial charge on any atom is 0.279 e. The molecule has 1 fully saturated rings. The summed E-state index contributed by atoms with van der Waals surface area (Å²) >= 11 is 0. The third-order valence-corrected chi connectivity index (χ3v) is 4.80. The summed E-state index contributed by atoms with van der Waals surface area (Å²) in [6, 6.07) is 0. The molecule has 0 aromatic rings. The lowest BCUT2D eigenvalue weighted by atomic mass is 9.96. The summed E-state index contributed by atoms with van der Waals surface area (Å²) in [6.45, 7) is 7.21. The Morgan fingerprint density at radius 1 is 1.35 bits per heavy atom. The van der Waals surface area contributed by atoms with E-state index in [4.69, 9.17) is 5.11 Å². The van der Waals surface area contributed by atoms with Gasteiger partial charge >= 0.3 is 0 Å². The molecule has 0 radical (unpaired) electrons. The standard InChI is InChI=1S/C11H24N2O3S/c1-10-4-6-13(7-5-10)17(15,16)12-8-11(2,3)9-14/h10,12,14H,4-9H2,1-3H3. The number of aliphatic hydroxyl groups is 1. The first-order chi connectivity index (χ1) is 7.77. The van der Waals surface area contributed by atoms with Crippen LogP contribution in [0.25, 0.3) is 0 Å². The van der Waals surface area contributed by atoms with Crippen molar-refractivity contribution in [3.8, 4) is 0 Å². The molecule has 0 aliphatic carbocycles. The zero-order chi connectivity index (χ0) is 13.1. The van der Waals surface area contributed by atoms with Crippen molar-refractivity contribution in [3.63, 3.8) is 0 Å². The van der Waals surface area contributed by atoms with E-state index < -0.39 is 15.6 Å². The second-order valence-electron chi connectivity index (χ2n) is 5.73. The lowest BCUT2D eigenvalue weighted by Gasteiger charge is -2.31. The van der Waals surface area contributed by atoms with Crippen molar-refractivity contribution >= 4 is 10.2 Å². The van der Waals surface area contributed by atoms with Gasteiger partial charge in [0.25, 0.3) is 10.2 Å². The van der Waals surface area contributed by atoms with Gasteiger partial charge in [-0.1, -0.05) is 20.8 Å². The van der Waals surface area contributed by atoms with E-state index in [0.717, 1.165) is 12.8 Å². The number of hydrogen-bond donors (Lipinski definition) is 2. The molecule has 1 saturated heterocycles. The molecule has 0 amide bonds. The fourth-order valence-corrected chi connectivity index (χ4v) is 3.11. The van der Waals surface area contributed by atoms with Crippen molar-refractivity contribution in [3.05, 3.63) is 0 Å². The van der Waals surface area contributed by atoms with E-state index in [-0.39, 0.29) is 13.2 Å². The largest absolute Gasteiger partial charge is 0.396 e. The number of nitrogens with zero attached hydrogens (tertiary/aromatic N) is 1. The number of piperidine rings is 1. The van der Waals surface area contributed by atoms with Gasteiger partial charge in [0, 0.05) is 31.7 Å². The van der Waals surface area contributed by atoms with Gasteiger partial charge in [0.15, 0.2) is 0 Å². The van der Waals surface area contributed by atoms with Crippen molar-refractivity contribution in [1.82, 2.24) is 9.03 Å². The first-order valence-corrected chi connectivity index (χ1v) is 7.56. The zero-order valence-electron chi connectivity index (χ0n) is 10.9. The lowest BCUT2D eigenvalue weighted by molar-refractivity contribution is 0.162. The maximum atomic E-state index is 12.0. The molecule has 17 heavy (non-hydrogen) atoms. The normalized spacial score (nSPS) is 20.7. The highest BCUT2D eigenvalue weighted by molar-refractivity contribution is 7.87. The van der Waals surface area contributed by atoms with Crippen molar-refractivity contribution in [2.45, 2.75) is 33.6 Å². The Morgan fingerprint density at radius 3 is 2.35 bits per heavy atom. The molecular weight excluding hydrogens is 240 g/mol. The maximum absolute atomic E-state index is 12.0. The van der Waals surface area contributed by atoms with Gasteiger partial charge < -0.3 is 5.11 Å². The summed E-state index contributed by atoms with van der Waals surface area (Å²) in [4.78, 5) is 0. The highest BCUT2D eigenvalue weighted by Crippen LogP contribution is 2.19. The fraction of sp³-hybridized carbons (Fsp3) is 1.00. The minimum absolute atomic E-state index is 0.0352. The van der Waals surface area contributed by atoms with Gasteiger partial charge in [-0.2, -0.15) is 12.7 Å². The minimum Gasteiger partial charge on any atom is -0.396 e. The van der Waals surface area contributed by atoms with Gasteiger partial charge in [0.05, 0.1) is 0 Å². The first-order valence-electron chi connectivity index (χ1n) is 6.12. The fourth-order valence-electron chi connectivity index (χ4n) is 1.66. The van der Waals surface area contributed by atoms with Gasteiger partial charge in [0.2, 0.25) is 0 Å². The van der Waals surface area contributed by atoms with E-state index in [2.05, 4.69) is 11.6 Å². The molecule has 6 heteroatoms. The van der Waals surface area contributed by atoms with Crippen LogP contribution in [0.2, 0.25) is 0 Å². The minimum atomic E-state index is -3.38. The monoisotopic (exact) mass is 264 g/mol. The number of rotatable bonds is 5. The first kappa shape index (κ1) is 14.9. The molecule has 0 bridgehead atoms. The van der Waals surface area contributed by atoms with Crippen LogP contribution in [0, 0.1) is 11.3 Å². The van der Waals surface area contributed by atoms with E-state index in [1.54, 1.807) is 0 Å². The Balaban J connectivity index is 2.51. The van der Waals surface area contributed by atoms with Crippen molar-refractivity contribution in [1.29, 1.82) is 0 Å². The molecule has 102 valence electrons. The quantitative estimate of drug-likeness (QED) is 0.763. The predicted molar refractivity (Wildman–Crippen MR) is 67.8 cm³/mol. The van der Waals surface area contributed by atoms with Crippen LogP contribution in [0.1, 0.15) is 33.6 Å². The van der Waals surface area contributed by atoms with Crippen LogP contribution in [-0.2, 0) is 10.2 Å². The summed E-state index contributed by atoms with van der Waals surface area (Å²) in [5.41, 5.74) is -0.420. The smallest absolute Gasteiger partial charge is 0.279 e. The van der Waals surface area contributed by atoms with Gasteiger partial charge in [-0.3, -0.25) is 0 Å².